The summed E-state index contributed by atoms with van der Waals surface area (Å²) in [7, 11) is -0.408. The maximum absolute atomic E-state index is 12.3. The molecule has 0 saturated heterocycles. The number of carbonyl (C=O) groups is 2. The van der Waals surface area contributed by atoms with E-state index in [0.717, 1.165) is 14.7 Å². The molecular weight excluding hydrogens is 448 g/mol. The summed E-state index contributed by atoms with van der Waals surface area (Å²) >= 11 is 0. The molecule has 1 atom stereocenters. The molecule has 6 heteroatoms. The van der Waals surface area contributed by atoms with Crippen molar-refractivity contribution in [1.82, 2.24) is 0 Å². The van der Waals surface area contributed by atoms with Crippen LogP contribution in [0, 0.1) is 5.92 Å². The Morgan fingerprint density at radius 2 is 1.32 bits per heavy atom. The Kier molecular flexibility index (Phi) is 8.40. The third-order valence-electron chi connectivity index (χ3n) is 4.50. The smallest absolute Gasteiger partial charge is 0.462 e. The van der Waals surface area contributed by atoms with E-state index >= 15 is 0 Å². The Bertz CT molecular complexity index is 1080. The van der Waals surface area contributed by atoms with Gasteiger partial charge in [-0.2, -0.15) is 0 Å². The van der Waals surface area contributed by atoms with Gasteiger partial charge in [-0.1, -0.05) is 32.0 Å². The van der Waals surface area contributed by atoms with E-state index in [4.69, 9.17) is 14.2 Å². The summed E-state index contributed by atoms with van der Waals surface area (Å²) in [5, 5.41) is 0. The highest BCUT2D eigenvalue weighted by molar-refractivity contribution is 7.97. The Morgan fingerprint density at radius 1 is 0.794 bits per heavy atom. The summed E-state index contributed by atoms with van der Waals surface area (Å²) in [6.07, 6.45) is -0.734. The minimum Gasteiger partial charge on any atom is -0.462 e. The summed E-state index contributed by atoms with van der Waals surface area (Å²) < 4.78 is 15.9. The Balaban J connectivity index is 1.84. The van der Waals surface area contributed by atoms with Crippen molar-refractivity contribution in [2.24, 2.45) is 5.92 Å². The molecule has 5 nitrogen and oxygen atoms in total. The van der Waals surface area contributed by atoms with Gasteiger partial charge >= 0.3 is 12.1 Å². The summed E-state index contributed by atoms with van der Waals surface area (Å²) in [5.41, 5.74) is -0.0911. The largest absolute Gasteiger partial charge is 0.514 e. The second-order valence-corrected chi connectivity index (χ2v) is 11.2. The van der Waals surface area contributed by atoms with E-state index in [1.165, 1.54) is 0 Å². The van der Waals surface area contributed by atoms with E-state index in [0.29, 0.717) is 17.9 Å². The first-order chi connectivity index (χ1) is 16.1. The summed E-state index contributed by atoms with van der Waals surface area (Å²) in [6.45, 7) is 9.78. The second-order valence-electron chi connectivity index (χ2n) is 9.17. The van der Waals surface area contributed by atoms with E-state index in [1.54, 1.807) is 45.0 Å². The number of hydrogen-bond acceptors (Lipinski definition) is 5. The number of carbonyl (C=O) groups excluding carboxylic acids is 2. The highest BCUT2D eigenvalue weighted by Crippen LogP contribution is 2.32. The first kappa shape index (κ1) is 25.4. The lowest BCUT2D eigenvalue weighted by atomic mass is 10.2. The first-order valence-corrected chi connectivity index (χ1v) is 12.4. The van der Waals surface area contributed by atoms with Crippen LogP contribution >= 0.6 is 0 Å². The third kappa shape index (κ3) is 7.39. The van der Waals surface area contributed by atoms with Crippen molar-refractivity contribution in [3.8, 4) is 5.75 Å². The average molecular weight is 480 g/mol. The van der Waals surface area contributed by atoms with Gasteiger partial charge in [-0.25, -0.2) is 9.59 Å². The second kappa shape index (κ2) is 11.3. The van der Waals surface area contributed by atoms with E-state index in [-0.39, 0.29) is 11.9 Å². The fraction of sp³-hybridized carbons (Fsp3) is 0.286. The van der Waals surface area contributed by atoms with E-state index in [9.17, 15) is 9.59 Å². The SMILES string of the molecule is CC(C)COC(=O)c1ccc([S+](c2ccccc2)c2ccc(OC(=O)OC(C)(C)C)cc2)cc1. The van der Waals surface area contributed by atoms with Gasteiger partial charge in [0.25, 0.3) is 0 Å². The van der Waals surface area contributed by atoms with E-state index in [2.05, 4.69) is 12.1 Å². The molecule has 34 heavy (non-hydrogen) atoms. The number of rotatable bonds is 7. The number of benzene rings is 3. The molecule has 0 bridgehead atoms. The zero-order valence-electron chi connectivity index (χ0n) is 20.2. The van der Waals surface area contributed by atoms with Crippen LogP contribution in [-0.4, -0.2) is 24.3 Å². The van der Waals surface area contributed by atoms with Crippen molar-refractivity contribution < 1.29 is 23.8 Å². The predicted molar refractivity (Wildman–Crippen MR) is 133 cm³/mol. The van der Waals surface area contributed by atoms with Crippen molar-refractivity contribution in [3.05, 3.63) is 84.4 Å². The lowest BCUT2D eigenvalue weighted by Crippen LogP contribution is -2.25. The fourth-order valence-electron chi connectivity index (χ4n) is 3.03. The molecule has 0 aromatic heterocycles. The first-order valence-electron chi connectivity index (χ1n) is 11.2. The molecule has 178 valence electrons. The normalized spacial score (nSPS) is 12.2. The molecule has 0 amide bonds. The average Bonchev–Trinajstić information content (AvgIpc) is 2.79. The molecule has 0 spiro atoms. The standard InChI is InChI=1S/C28H31O5S/c1-20(2)19-31-26(29)21-11-15-24(16-12-21)34(23-9-7-6-8-10-23)25-17-13-22(14-18-25)32-27(30)33-28(3,4)5/h6-18,20H,19H2,1-5H3/q+1. The van der Waals surface area contributed by atoms with Crippen LogP contribution in [0.2, 0.25) is 0 Å². The van der Waals surface area contributed by atoms with E-state index in [1.807, 2.05) is 56.3 Å². The fourth-order valence-corrected chi connectivity index (χ4v) is 5.09. The van der Waals surface area contributed by atoms with Gasteiger partial charge in [-0.05, 0) is 87.4 Å². The van der Waals surface area contributed by atoms with Crippen LogP contribution in [0.3, 0.4) is 0 Å². The van der Waals surface area contributed by atoms with Crippen molar-refractivity contribution in [2.45, 2.75) is 54.9 Å². The molecule has 1 unspecified atom stereocenters. The zero-order valence-corrected chi connectivity index (χ0v) is 21.1. The van der Waals surface area contributed by atoms with Crippen molar-refractivity contribution in [1.29, 1.82) is 0 Å². The Labute approximate surface area is 204 Å². The molecule has 0 heterocycles. The third-order valence-corrected chi connectivity index (χ3v) is 6.73. The molecule has 0 N–H and O–H groups in total. The minimum absolute atomic E-state index is 0.287. The van der Waals surface area contributed by atoms with Crippen molar-refractivity contribution in [2.75, 3.05) is 6.61 Å². The van der Waals surface area contributed by atoms with Gasteiger partial charge in [0.2, 0.25) is 0 Å². The van der Waals surface area contributed by atoms with Gasteiger partial charge in [0.05, 0.1) is 23.1 Å². The molecule has 0 aliphatic heterocycles. The van der Waals surface area contributed by atoms with Crippen LogP contribution in [0.5, 0.6) is 5.75 Å². The Hall–Kier alpha value is -3.25. The predicted octanol–water partition coefficient (Wildman–Crippen LogP) is 6.91. The zero-order chi connectivity index (χ0) is 24.7. The number of ether oxygens (including phenoxy) is 3. The highest BCUT2D eigenvalue weighted by Gasteiger charge is 2.29. The minimum atomic E-state index is -0.734. The highest BCUT2D eigenvalue weighted by atomic mass is 32.2. The lowest BCUT2D eigenvalue weighted by molar-refractivity contribution is 0.0206. The van der Waals surface area contributed by atoms with Gasteiger partial charge in [0, 0.05) is 0 Å². The van der Waals surface area contributed by atoms with Crippen LogP contribution in [0.1, 0.15) is 45.0 Å². The van der Waals surface area contributed by atoms with Crippen molar-refractivity contribution in [3.63, 3.8) is 0 Å². The maximum Gasteiger partial charge on any atom is 0.514 e. The molecule has 3 rings (SSSR count). The summed E-state index contributed by atoms with van der Waals surface area (Å²) in [4.78, 5) is 27.5. The molecule has 0 saturated carbocycles. The number of hydrogen-bond donors (Lipinski definition) is 0. The molecular formula is C28H31O5S+. The topological polar surface area (TPSA) is 61.8 Å². The van der Waals surface area contributed by atoms with Gasteiger partial charge in [0.1, 0.15) is 11.4 Å². The molecule has 3 aromatic carbocycles. The molecule has 0 aliphatic rings. The molecule has 0 fully saturated rings. The lowest BCUT2D eigenvalue weighted by Gasteiger charge is -2.18. The number of esters is 1. The van der Waals surface area contributed by atoms with Crippen LogP contribution in [0.25, 0.3) is 0 Å². The van der Waals surface area contributed by atoms with Gasteiger partial charge in [-0.3, -0.25) is 0 Å². The van der Waals surface area contributed by atoms with Crippen LogP contribution in [0.4, 0.5) is 4.79 Å². The monoisotopic (exact) mass is 479 g/mol. The summed E-state index contributed by atoms with van der Waals surface area (Å²) in [5.74, 6) is 0.385. The quantitative estimate of drug-likeness (QED) is 0.209. The van der Waals surface area contributed by atoms with Crippen LogP contribution < -0.4 is 4.74 Å². The molecule has 0 aliphatic carbocycles. The van der Waals surface area contributed by atoms with E-state index < -0.39 is 22.7 Å². The molecule has 0 radical (unpaired) electrons. The Morgan fingerprint density at radius 3 is 1.85 bits per heavy atom. The molecule has 3 aromatic rings. The summed E-state index contributed by atoms with van der Waals surface area (Å²) in [6, 6.07) is 25.1. The van der Waals surface area contributed by atoms with Gasteiger partial charge < -0.3 is 14.2 Å². The van der Waals surface area contributed by atoms with Crippen molar-refractivity contribution >= 4 is 23.0 Å². The van der Waals surface area contributed by atoms with Gasteiger partial charge in [0.15, 0.2) is 14.7 Å². The van der Waals surface area contributed by atoms with Crippen LogP contribution in [-0.2, 0) is 20.4 Å². The maximum atomic E-state index is 12.3. The van der Waals surface area contributed by atoms with Gasteiger partial charge in [-0.15, -0.1) is 0 Å². The van der Waals surface area contributed by atoms with Crippen LogP contribution in [0.15, 0.2) is 93.5 Å².